The van der Waals surface area contributed by atoms with E-state index < -0.39 is 0 Å². The Balaban J connectivity index is 1.76. The Labute approximate surface area is 166 Å². The number of carbonyl (C=O) groups is 1. The van der Waals surface area contributed by atoms with Gasteiger partial charge in [0, 0.05) is 28.4 Å². The van der Waals surface area contributed by atoms with Gasteiger partial charge in [0.05, 0.1) is 26.3 Å². The van der Waals surface area contributed by atoms with Crippen LogP contribution in [0.1, 0.15) is 5.56 Å². The molecule has 0 aliphatic heterocycles. The summed E-state index contributed by atoms with van der Waals surface area (Å²) in [6.07, 6.45) is 1.26. The lowest BCUT2D eigenvalue weighted by Gasteiger charge is -2.11. The second-order valence-corrected chi connectivity index (χ2v) is 6.32. The lowest BCUT2D eigenvalue weighted by Crippen LogP contribution is -2.22. The molecule has 2 N–H and O–H groups in total. The van der Waals surface area contributed by atoms with E-state index in [4.69, 9.17) is 21.1 Å². The maximum atomic E-state index is 12.4. The first-order valence-electron chi connectivity index (χ1n) is 8.36. The standard InChI is InChI=1S/C20H18ClN3O4/c1-27-15-7-8-17(28-2)16(10-15)23-18(25)9-13-11-22-19(24-20(13)26)12-3-5-14(21)6-4-12/h3-8,10-11H,9H2,1-2H3,(H,23,25)(H,22,24,26). The third-order valence-corrected chi connectivity index (χ3v) is 4.27. The van der Waals surface area contributed by atoms with E-state index >= 15 is 0 Å². The molecule has 28 heavy (non-hydrogen) atoms. The molecule has 0 saturated heterocycles. The molecule has 8 heteroatoms. The number of amides is 1. The summed E-state index contributed by atoms with van der Waals surface area (Å²) in [7, 11) is 3.03. The van der Waals surface area contributed by atoms with Crippen LogP contribution in [0, 0.1) is 0 Å². The SMILES string of the molecule is COc1ccc(OC)c(NC(=O)Cc2cnc(-c3ccc(Cl)cc3)[nH]c2=O)c1. The van der Waals surface area contributed by atoms with Gasteiger partial charge in [-0.05, 0) is 36.4 Å². The lowest BCUT2D eigenvalue weighted by atomic mass is 10.2. The van der Waals surface area contributed by atoms with Gasteiger partial charge in [0.1, 0.15) is 17.3 Å². The van der Waals surface area contributed by atoms with Gasteiger partial charge in [-0.2, -0.15) is 0 Å². The van der Waals surface area contributed by atoms with Crippen molar-refractivity contribution in [3.8, 4) is 22.9 Å². The molecule has 0 fully saturated rings. The zero-order chi connectivity index (χ0) is 20.1. The van der Waals surface area contributed by atoms with Crippen molar-refractivity contribution in [3.05, 3.63) is 69.6 Å². The van der Waals surface area contributed by atoms with Crippen molar-refractivity contribution < 1.29 is 14.3 Å². The Kier molecular flexibility index (Phi) is 5.96. The van der Waals surface area contributed by atoms with Crippen LogP contribution >= 0.6 is 11.6 Å². The molecule has 0 bridgehead atoms. The molecule has 0 saturated carbocycles. The summed E-state index contributed by atoms with van der Waals surface area (Å²) in [6, 6.07) is 12.0. The van der Waals surface area contributed by atoms with Gasteiger partial charge in [-0.3, -0.25) is 9.59 Å². The predicted octanol–water partition coefficient (Wildman–Crippen LogP) is 3.29. The van der Waals surface area contributed by atoms with Crippen molar-refractivity contribution in [2.75, 3.05) is 19.5 Å². The minimum atomic E-state index is -0.382. The van der Waals surface area contributed by atoms with Gasteiger partial charge < -0.3 is 19.8 Å². The molecule has 0 spiro atoms. The molecule has 0 atom stereocenters. The van der Waals surface area contributed by atoms with E-state index in [9.17, 15) is 9.59 Å². The average molecular weight is 400 g/mol. The van der Waals surface area contributed by atoms with Gasteiger partial charge in [-0.1, -0.05) is 11.6 Å². The van der Waals surface area contributed by atoms with E-state index in [-0.39, 0.29) is 23.5 Å². The Morgan fingerprint density at radius 3 is 2.54 bits per heavy atom. The highest BCUT2D eigenvalue weighted by molar-refractivity contribution is 6.30. The number of nitrogens with zero attached hydrogens (tertiary/aromatic N) is 1. The van der Waals surface area contributed by atoms with Crippen LogP contribution < -0.4 is 20.3 Å². The van der Waals surface area contributed by atoms with Crippen molar-refractivity contribution >= 4 is 23.2 Å². The van der Waals surface area contributed by atoms with E-state index in [0.717, 1.165) is 5.56 Å². The Morgan fingerprint density at radius 2 is 1.89 bits per heavy atom. The van der Waals surface area contributed by atoms with Crippen LogP contribution in [0.4, 0.5) is 5.69 Å². The minimum absolute atomic E-state index is 0.135. The largest absolute Gasteiger partial charge is 0.497 e. The summed E-state index contributed by atoms with van der Waals surface area (Å²) >= 11 is 5.87. The number of aromatic nitrogens is 2. The Bertz CT molecular complexity index is 1050. The van der Waals surface area contributed by atoms with E-state index in [1.807, 2.05) is 0 Å². The van der Waals surface area contributed by atoms with Crippen molar-refractivity contribution in [2.24, 2.45) is 0 Å². The average Bonchev–Trinajstić information content (AvgIpc) is 2.70. The number of ether oxygens (including phenoxy) is 2. The van der Waals surface area contributed by atoms with Gasteiger partial charge in [0.15, 0.2) is 0 Å². The van der Waals surface area contributed by atoms with Crippen LogP contribution in [0.25, 0.3) is 11.4 Å². The van der Waals surface area contributed by atoms with Crippen molar-refractivity contribution in [2.45, 2.75) is 6.42 Å². The minimum Gasteiger partial charge on any atom is -0.497 e. The molecule has 0 unspecified atom stereocenters. The number of rotatable bonds is 6. The monoisotopic (exact) mass is 399 g/mol. The van der Waals surface area contributed by atoms with Crippen molar-refractivity contribution in [3.63, 3.8) is 0 Å². The molecule has 0 aliphatic carbocycles. The summed E-state index contributed by atoms with van der Waals surface area (Å²) < 4.78 is 10.4. The Hall–Kier alpha value is -3.32. The highest BCUT2D eigenvalue weighted by Gasteiger charge is 2.13. The smallest absolute Gasteiger partial charge is 0.254 e. The number of methoxy groups -OCH3 is 2. The third-order valence-electron chi connectivity index (χ3n) is 4.02. The second kappa shape index (κ2) is 8.58. The summed E-state index contributed by atoms with van der Waals surface area (Å²) in [5, 5.41) is 3.32. The maximum Gasteiger partial charge on any atom is 0.254 e. The molecular weight excluding hydrogens is 382 g/mol. The molecule has 1 aromatic heterocycles. The van der Waals surface area contributed by atoms with Crippen molar-refractivity contribution in [1.82, 2.24) is 9.97 Å². The molecule has 7 nitrogen and oxygen atoms in total. The van der Waals surface area contributed by atoms with Crippen LogP contribution in [-0.4, -0.2) is 30.1 Å². The number of hydrogen-bond acceptors (Lipinski definition) is 5. The molecule has 144 valence electrons. The van der Waals surface area contributed by atoms with Gasteiger partial charge in [-0.25, -0.2) is 4.98 Å². The fourth-order valence-electron chi connectivity index (χ4n) is 2.58. The van der Waals surface area contributed by atoms with Gasteiger partial charge in [-0.15, -0.1) is 0 Å². The van der Waals surface area contributed by atoms with Gasteiger partial charge in [0.25, 0.3) is 5.56 Å². The molecule has 0 aliphatic rings. The molecule has 2 aromatic carbocycles. The van der Waals surface area contributed by atoms with E-state index in [2.05, 4.69) is 15.3 Å². The van der Waals surface area contributed by atoms with Crippen LogP contribution in [0.5, 0.6) is 11.5 Å². The number of nitrogens with one attached hydrogen (secondary N) is 2. The number of H-pyrrole nitrogens is 1. The normalized spacial score (nSPS) is 10.4. The number of halogens is 1. The molecular formula is C20H18ClN3O4. The van der Waals surface area contributed by atoms with E-state index in [1.54, 1.807) is 42.5 Å². The van der Waals surface area contributed by atoms with Gasteiger partial charge >= 0.3 is 0 Å². The van der Waals surface area contributed by atoms with E-state index in [1.165, 1.54) is 20.4 Å². The van der Waals surface area contributed by atoms with Crippen LogP contribution in [0.2, 0.25) is 5.02 Å². The van der Waals surface area contributed by atoms with Gasteiger partial charge in [0.2, 0.25) is 5.91 Å². The molecule has 3 aromatic rings. The molecule has 1 amide bonds. The first kappa shape index (κ1) is 19.4. The lowest BCUT2D eigenvalue weighted by molar-refractivity contribution is -0.115. The molecule has 3 rings (SSSR count). The number of aromatic amines is 1. The third kappa shape index (κ3) is 4.50. The number of benzene rings is 2. The van der Waals surface area contributed by atoms with Crippen molar-refractivity contribution in [1.29, 1.82) is 0 Å². The molecule has 0 radical (unpaired) electrons. The zero-order valence-electron chi connectivity index (χ0n) is 15.3. The first-order chi connectivity index (χ1) is 13.5. The zero-order valence-corrected chi connectivity index (χ0v) is 16.0. The predicted molar refractivity (Wildman–Crippen MR) is 107 cm³/mol. The van der Waals surface area contributed by atoms with Crippen LogP contribution in [0.15, 0.2) is 53.5 Å². The summed E-state index contributed by atoms with van der Waals surface area (Å²) in [5.41, 5.74) is 1.04. The quantitative estimate of drug-likeness (QED) is 0.663. The van der Waals surface area contributed by atoms with Crippen LogP contribution in [0.3, 0.4) is 0 Å². The fourth-order valence-corrected chi connectivity index (χ4v) is 2.71. The number of carbonyl (C=O) groups excluding carboxylic acids is 1. The molecule has 1 heterocycles. The maximum absolute atomic E-state index is 12.4. The topological polar surface area (TPSA) is 93.3 Å². The summed E-state index contributed by atoms with van der Waals surface area (Å²) in [5.74, 6) is 1.08. The van der Waals surface area contributed by atoms with E-state index in [0.29, 0.717) is 28.0 Å². The Morgan fingerprint density at radius 1 is 1.14 bits per heavy atom. The first-order valence-corrected chi connectivity index (χ1v) is 8.74. The fraction of sp³-hybridized carbons (Fsp3) is 0.150. The number of hydrogen-bond donors (Lipinski definition) is 2. The highest BCUT2D eigenvalue weighted by atomic mass is 35.5. The highest BCUT2D eigenvalue weighted by Crippen LogP contribution is 2.28. The van der Waals surface area contributed by atoms with Crippen LogP contribution in [-0.2, 0) is 11.2 Å². The number of anilines is 1. The summed E-state index contributed by atoms with van der Waals surface area (Å²) in [4.78, 5) is 31.7. The summed E-state index contributed by atoms with van der Waals surface area (Å²) in [6.45, 7) is 0. The second-order valence-electron chi connectivity index (χ2n) is 5.88.